The van der Waals surface area contributed by atoms with Crippen molar-refractivity contribution in [3.8, 4) is 0 Å². The zero-order chi connectivity index (χ0) is 17.7. The van der Waals surface area contributed by atoms with Gasteiger partial charge in [-0.2, -0.15) is 0 Å². The number of hydrogen-bond donors (Lipinski definition) is 1. The number of ether oxygens (including phenoxy) is 1. The number of carbonyl (C=O) groups is 1. The molecule has 0 atom stereocenters. The van der Waals surface area contributed by atoms with Crippen molar-refractivity contribution in [3.63, 3.8) is 0 Å². The Balaban J connectivity index is 1.72. The molecule has 25 heavy (non-hydrogen) atoms. The third-order valence-electron chi connectivity index (χ3n) is 4.69. The molecule has 3 rings (SSSR count). The average Bonchev–Trinajstić information content (AvgIpc) is 2.63. The Labute approximate surface area is 154 Å². The van der Waals surface area contributed by atoms with Crippen LogP contribution in [0.5, 0.6) is 0 Å². The first-order valence-corrected chi connectivity index (χ1v) is 9.57. The highest BCUT2D eigenvalue weighted by Crippen LogP contribution is 2.40. The van der Waals surface area contributed by atoms with Gasteiger partial charge in [-0.05, 0) is 50.5 Å². The van der Waals surface area contributed by atoms with Crippen LogP contribution in [0.25, 0.3) is 0 Å². The summed E-state index contributed by atoms with van der Waals surface area (Å²) in [7, 11) is 0. The van der Waals surface area contributed by atoms with E-state index in [1.807, 2.05) is 49.9 Å². The molecular weight excluding hydrogens is 330 g/mol. The minimum absolute atomic E-state index is 0.00695. The predicted octanol–water partition coefficient (Wildman–Crippen LogP) is 4.37. The van der Waals surface area contributed by atoms with E-state index in [4.69, 9.17) is 4.74 Å². The maximum Gasteiger partial charge on any atom is 0.251 e. The van der Waals surface area contributed by atoms with Crippen LogP contribution in [-0.2, 0) is 4.74 Å². The van der Waals surface area contributed by atoms with Gasteiger partial charge in [-0.1, -0.05) is 35.9 Å². The Kier molecular flexibility index (Phi) is 5.82. The predicted molar refractivity (Wildman–Crippen MR) is 103 cm³/mol. The average molecular weight is 356 g/mol. The lowest BCUT2D eigenvalue weighted by Crippen LogP contribution is -2.44. The molecule has 0 aliphatic carbocycles. The number of benzene rings is 2. The van der Waals surface area contributed by atoms with Gasteiger partial charge in [0.25, 0.3) is 5.91 Å². The Bertz CT molecular complexity index is 724. The molecule has 0 aromatic heterocycles. The summed E-state index contributed by atoms with van der Waals surface area (Å²) in [6, 6.07) is 16.4. The zero-order valence-corrected chi connectivity index (χ0v) is 15.7. The second-order valence-electron chi connectivity index (χ2n) is 6.71. The van der Waals surface area contributed by atoms with Gasteiger partial charge in [0.2, 0.25) is 0 Å². The number of rotatable bonds is 5. The molecule has 1 saturated heterocycles. The molecule has 0 spiro atoms. The van der Waals surface area contributed by atoms with Crippen LogP contribution in [0.3, 0.4) is 0 Å². The van der Waals surface area contributed by atoms with Crippen molar-refractivity contribution in [3.05, 3.63) is 65.2 Å². The van der Waals surface area contributed by atoms with E-state index >= 15 is 0 Å². The second kappa shape index (κ2) is 8.07. The van der Waals surface area contributed by atoms with Gasteiger partial charge in [0.05, 0.1) is 0 Å². The minimum atomic E-state index is -0.00695. The molecule has 0 unspecified atom stereocenters. The second-order valence-corrected chi connectivity index (χ2v) is 8.25. The fourth-order valence-corrected chi connectivity index (χ4v) is 4.42. The van der Waals surface area contributed by atoms with E-state index in [0.29, 0.717) is 6.54 Å². The van der Waals surface area contributed by atoms with Gasteiger partial charge in [-0.3, -0.25) is 4.79 Å². The topological polar surface area (TPSA) is 38.3 Å². The molecule has 1 fully saturated rings. The van der Waals surface area contributed by atoms with Crippen molar-refractivity contribution in [1.29, 1.82) is 0 Å². The van der Waals surface area contributed by atoms with Crippen molar-refractivity contribution in [2.45, 2.75) is 36.3 Å². The molecule has 1 heterocycles. The van der Waals surface area contributed by atoms with Crippen LogP contribution in [0.15, 0.2) is 53.4 Å². The van der Waals surface area contributed by atoms with Gasteiger partial charge >= 0.3 is 0 Å². The molecule has 132 valence electrons. The molecule has 0 radical (unpaired) electrons. The highest BCUT2D eigenvalue weighted by atomic mass is 32.2. The molecule has 3 nitrogen and oxygen atoms in total. The lowest BCUT2D eigenvalue weighted by atomic mass is 9.98. The van der Waals surface area contributed by atoms with Crippen LogP contribution in [0.2, 0.25) is 0 Å². The summed E-state index contributed by atoms with van der Waals surface area (Å²) in [5, 5.41) is 3.18. The minimum Gasteiger partial charge on any atom is -0.381 e. The Morgan fingerprint density at radius 3 is 2.56 bits per heavy atom. The van der Waals surface area contributed by atoms with E-state index < -0.39 is 0 Å². The summed E-state index contributed by atoms with van der Waals surface area (Å²) in [5.74, 6) is 0.0146. The van der Waals surface area contributed by atoms with Gasteiger partial charge in [0, 0.05) is 35.0 Å². The van der Waals surface area contributed by atoms with Crippen molar-refractivity contribution >= 4 is 17.7 Å². The number of thioether (sulfide) groups is 1. The number of hydrogen-bond acceptors (Lipinski definition) is 3. The van der Waals surface area contributed by atoms with Crippen molar-refractivity contribution < 1.29 is 9.53 Å². The van der Waals surface area contributed by atoms with Gasteiger partial charge in [-0.25, -0.2) is 0 Å². The number of aryl methyl sites for hydroxylation is 2. The van der Waals surface area contributed by atoms with Crippen molar-refractivity contribution in [1.82, 2.24) is 5.32 Å². The molecule has 1 N–H and O–H groups in total. The van der Waals surface area contributed by atoms with Crippen molar-refractivity contribution in [2.75, 3.05) is 19.8 Å². The summed E-state index contributed by atoms with van der Waals surface area (Å²) in [4.78, 5) is 13.9. The largest absolute Gasteiger partial charge is 0.381 e. The summed E-state index contributed by atoms with van der Waals surface area (Å²) in [6.07, 6.45) is 1.89. The summed E-state index contributed by atoms with van der Waals surface area (Å²) in [6.45, 7) is 6.15. The van der Waals surface area contributed by atoms with E-state index in [2.05, 4.69) is 29.6 Å². The fraction of sp³-hybridized carbons (Fsp3) is 0.381. The lowest BCUT2D eigenvalue weighted by Gasteiger charge is -2.36. The molecule has 1 amide bonds. The number of nitrogens with one attached hydrogen (secondary N) is 1. The van der Waals surface area contributed by atoms with E-state index in [1.54, 1.807) is 0 Å². The smallest absolute Gasteiger partial charge is 0.251 e. The normalized spacial score (nSPS) is 16.4. The summed E-state index contributed by atoms with van der Waals surface area (Å²) < 4.78 is 5.56. The molecule has 0 saturated carbocycles. The summed E-state index contributed by atoms with van der Waals surface area (Å²) in [5.41, 5.74) is 2.89. The maximum absolute atomic E-state index is 12.7. The number of carbonyl (C=O) groups excluding carboxylic acids is 1. The van der Waals surface area contributed by atoms with Crippen LogP contribution < -0.4 is 5.32 Å². The van der Waals surface area contributed by atoms with Crippen LogP contribution in [-0.4, -0.2) is 30.4 Å². The Morgan fingerprint density at radius 1 is 1.12 bits per heavy atom. The molecule has 2 aromatic rings. The van der Waals surface area contributed by atoms with Gasteiger partial charge < -0.3 is 10.1 Å². The highest BCUT2D eigenvalue weighted by molar-refractivity contribution is 8.00. The molecule has 1 aliphatic heterocycles. The SMILES string of the molecule is Cc1ccc(C)c(C(=O)NCC2(Sc3ccccc3)CCOCC2)c1. The molecule has 0 bridgehead atoms. The lowest BCUT2D eigenvalue weighted by molar-refractivity contribution is 0.0741. The van der Waals surface area contributed by atoms with Crippen molar-refractivity contribution in [2.24, 2.45) is 0 Å². The van der Waals surface area contributed by atoms with E-state index in [-0.39, 0.29) is 10.7 Å². The quantitative estimate of drug-likeness (QED) is 0.865. The highest BCUT2D eigenvalue weighted by Gasteiger charge is 2.34. The fourth-order valence-electron chi connectivity index (χ4n) is 3.11. The van der Waals surface area contributed by atoms with E-state index in [0.717, 1.165) is 42.7 Å². The third-order valence-corrected chi connectivity index (χ3v) is 6.18. The maximum atomic E-state index is 12.7. The molecule has 1 aliphatic rings. The van der Waals surface area contributed by atoms with Crippen LogP contribution in [0, 0.1) is 13.8 Å². The van der Waals surface area contributed by atoms with Crippen LogP contribution in [0.1, 0.15) is 34.3 Å². The number of amides is 1. The van der Waals surface area contributed by atoms with E-state index in [9.17, 15) is 4.79 Å². The van der Waals surface area contributed by atoms with Gasteiger partial charge in [0.1, 0.15) is 0 Å². The van der Waals surface area contributed by atoms with Crippen LogP contribution in [0.4, 0.5) is 0 Å². The summed E-state index contributed by atoms with van der Waals surface area (Å²) >= 11 is 1.86. The first kappa shape index (κ1) is 18.0. The van der Waals surface area contributed by atoms with Gasteiger partial charge in [-0.15, -0.1) is 11.8 Å². The zero-order valence-electron chi connectivity index (χ0n) is 14.9. The standard InChI is InChI=1S/C21H25NO2S/c1-16-8-9-17(2)19(14-16)20(23)22-15-21(10-12-24-13-11-21)25-18-6-4-3-5-7-18/h3-9,14H,10-13,15H2,1-2H3,(H,22,23). The van der Waals surface area contributed by atoms with Gasteiger partial charge in [0.15, 0.2) is 0 Å². The molecule has 4 heteroatoms. The monoisotopic (exact) mass is 355 g/mol. The Morgan fingerprint density at radius 2 is 1.84 bits per heavy atom. The van der Waals surface area contributed by atoms with Crippen LogP contribution >= 0.6 is 11.8 Å². The molecular formula is C21H25NO2S. The third kappa shape index (κ3) is 4.65. The first-order valence-electron chi connectivity index (χ1n) is 8.75. The van der Waals surface area contributed by atoms with E-state index in [1.165, 1.54) is 4.90 Å². The Hall–Kier alpha value is -1.78. The first-order chi connectivity index (χ1) is 12.1. The molecule has 2 aromatic carbocycles.